The number of aromatic nitrogens is 1. The van der Waals surface area contributed by atoms with Crippen LogP contribution in [0.5, 0.6) is 0 Å². The van der Waals surface area contributed by atoms with Crippen molar-refractivity contribution in [3.05, 3.63) is 18.2 Å². The van der Waals surface area contributed by atoms with E-state index in [1.165, 1.54) is 0 Å². The zero-order chi connectivity index (χ0) is 13.7. The molecule has 0 saturated carbocycles. The molecule has 5 nitrogen and oxygen atoms in total. The molecule has 1 aromatic heterocycles. The maximum atomic E-state index is 9.02. The van der Waals surface area contributed by atoms with Crippen molar-refractivity contribution in [3.63, 3.8) is 0 Å². The van der Waals surface area contributed by atoms with Gasteiger partial charge >= 0.3 is 0 Å². The van der Waals surface area contributed by atoms with Crippen LogP contribution in [0.1, 0.15) is 26.2 Å². The predicted molar refractivity (Wildman–Crippen MR) is 77.0 cm³/mol. The fraction of sp³-hybridized carbons (Fsp3) is 0.500. The first-order valence-electron chi connectivity index (χ1n) is 6.73. The first-order valence-corrected chi connectivity index (χ1v) is 6.73. The number of benzene rings is 1. The van der Waals surface area contributed by atoms with Crippen LogP contribution in [0.2, 0.25) is 0 Å². The molecule has 1 atom stereocenters. The summed E-state index contributed by atoms with van der Waals surface area (Å²) in [6.07, 6.45) is 2.99. The molecule has 1 unspecified atom stereocenters. The van der Waals surface area contributed by atoms with Crippen molar-refractivity contribution in [1.82, 2.24) is 4.98 Å². The fourth-order valence-corrected chi connectivity index (χ4v) is 2.19. The lowest BCUT2D eigenvalue weighted by Gasteiger charge is -2.14. The Morgan fingerprint density at radius 1 is 1.42 bits per heavy atom. The van der Waals surface area contributed by atoms with Gasteiger partial charge in [-0.15, -0.1) is 0 Å². The van der Waals surface area contributed by atoms with Gasteiger partial charge in [0.1, 0.15) is 5.52 Å². The number of nitrogens with two attached hydrogens (primary N) is 1. The molecule has 0 amide bonds. The quantitative estimate of drug-likeness (QED) is 0.669. The number of aliphatic hydroxyl groups excluding tert-OH is 1. The summed E-state index contributed by atoms with van der Waals surface area (Å²) in [6, 6.07) is 5.93. The lowest BCUT2D eigenvalue weighted by atomic mass is 10.0. The first-order chi connectivity index (χ1) is 9.22. The van der Waals surface area contributed by atoms with E-state index < -0.39 is 0 Å². The minimum atomic E-state index is 0.219. The number of oxazole rings is 1. The molecule has 0 spiro atoms. The molecule has 5 heteroatoms. The van der Waals surface area contributed by atoms with Gasteiger partial charge in [0.25, 0.3) is 6.01 Å². The Hall–Kier alpha value is -1.75. The maximum absolute atomic E-state index is 9.02. The van der Waals surface area contributed by atoms with Gasteiger partial charge in [-0.2, -0.15) is 4.98 Å². The summed E-state index contributed by atoms with van der Waals surface area (Å²) < 4.78 is 5.59. The van der Waals surface area contributed by atoms with Gasteiger partial charge in [-0.05, 0) is 30.9 Å². The number of fused-ring (bicyclic) bond motifs is 1. The molecule has 0 aliphatic carbocycles. The normalized spacial score (nSPS) is 12.7. The van der Waals surface area contributed by atoms with Crippen molar-refractivity contribution in [2.24, 2.45) is 5.92 Å². The van der Waals surface area contributed by atoms with E-state index >= 15 is 0 Å². The van der Waals surface area contributed by atoms with E-state index in [9.17, 15) is 0 Å². The van der Waals surface area contributed by atoms with E-state index in [0.29, 0.717) is 23.2 Å². The third kappa shape index (κ3) is 3.61. The third-order valence-electron chi connectivity index (χ3n) is 3.19. The van der Waals surface area contributed by atoms with Crippen molar-refractivity contribution in [1.29, 1.82) is 0 Å². The van der Waals surface area contributed by atoms with E-state index in [-0.39, 0.29) is 6.61 Å². The number of aliphatic hydroxyl groups is 1. The molecule has 0 aliphatic rings. The summed E-state index contributed by atoms with van der Waals surface area (Å²) in [5.74, 6) is 0.440. The zero-order valence-corrected chi connectivity index (χ0v) is 11.2. The Kier molecular flexibility index (Phi) is 4.63. The largest absolute Gasteiger partial charge is 0.423 e. The molecule has 0 radical (unpaired) electrons. The summed E-state index contributed by atoms with van der Waals surface area (Å²) >= 11 is 0. The summed E-state index contributed by atoms with van der Waals surface area (Å²) in [7, 11) is 0. The Bertz CT molecular complexity index is 518. The lowest BCUT2D eigenvalue weighted by Crippen LogP contribution is -2.15. The molecule has 1 aromatic carbocycles. The minimum Gasteiger partial charge on any atom is -0.423 e. The van der Waals surface area contributed by atoms with Crippen LogP contribution >= 0.6 is 0 Å². The molecule has 1 heterocycles. The van der Waals surface area contributed by atoms with E-state index in [0.717, 1.165) is 31.3 Å². The molecular formula is C14H21N3O2. The van der Waals surface area contributed by atoms with E-state index in [2.05, 4.69) is 17.2 Å². The molecular weight excluding hydrogens is 242 g/mol. The van der Waals surface area contributed by atoms with Gasteiger partial charge in [0.2, 0.25) is 0 Å². The van der Waals surface area contributed by atoms with Crippen molar-refractivity contribution < 1.29 is 9.52 Å². The Labute approximate surface area is 112 Å². The number of hydrogen-bond donors (Lipinski definition) is 3. The highest BCUT2D eigenvalue weighted by atomic mass is 16.4. The van der Waals surface area contributed by atoms with Crippen LogP contribution in [-0.2, 0) is 0 Å². The standard InChI is InChI=1S/C14H21N3O2/c1-2-3-10(6-7-18)9-16-14-17-12-5-4-11(15)8-13(12)19-14/h4-5,8,10,18H,2-3,6-7,9,15H2,1H3,(H,16,17). The number of rotatable bonds is 7. The highest BCUT2D eigenvalue weighted by Crippen LogP contribution is 2.21. The average Bonchev–Trinajstić information content (AvgIpc) is 2.78. The van der Waals surface area contributed by atoms with Gasteiger partial charge in [0.15, 0.2) is 5.58 Å². The Morgan fingerprint density at radius 2 is 2.26 bits per heavy atom. The second-order valence-electron chi connectivity index (χ2n) is 4.79. The van der Waals surface area contributed by atoms with Gasteiger partial charge in [0.05, 0.1) is 0 Å². The van der Waals surface area contributed by atoms with Crippen molar-refractivity contribution in [2.75, 3.05) is 24.2 Å². The molecule has 0 aliphatic heterocycles. The van der Waals surface area contributed by atoms with E-state index in [1.807, 2.05) is 6.07 Å². The van der Waals surface area contributed by atoms with Crippen molar-refractivity contribution >= 4 is 22.8 Å². The zero-order valence-electron chi connectivity index (χ0n) is 11.2. The molecule has 0 bridgehead atoms. The van der Waals surface area contributed by atoms with Gasteiger partial charge in [-0.25, -0.2) is 0 Å². The number of hydrogen-bond acceptors (Lipinski definition) is 5. The number of anilines is 2. The van der Waals surface area contributed by atoms with Gasteiger partial charge < -0.3 is 20.6 Å². The van der Waals surface area contributed by atoms with Gasteiger partial charge in [-0.1, -0.05) is 13.3 Å². The summed E-state index contributed by atoms with van der Waals surface area (Å²) in [4.78, 5) is 4.35. The predicted octanol–water partition coefficient (Wildman–Crippen LogP) is 2.62. The fourth-order valence-electron chi connectivity index (χ4n) is 2.19. The third-order valence-corrected chi connectivity index (χ3v) is 3.19. The van der Waals surface area contributed by atoms with E-state index in [1.54, 1.807) is 12.1 Å². The maximum Gasteiger partial charge on any atom is 0.295 e. The van der Waals surface area contributed by atoms with Crippen LogP contribution in [0.4, 0.5) is 11.7 Å². The highest BCUT2D eigenvalue weighted by Gasteiger charge is 2.10. The highest BCUT2D eigenvalue weighted by molar-refractivity contribution is 5.78. The van der Waals surface area contributed by atoms with Gasteiger partial charge in [0, 0.05) is 24.9 Å². The van der Waals surface area contributed by atoms with Crippen LogP contribution in [0.3, 0.4) is 0 Å². The summed E-state index contributed by atoms with van der Waals surface area (Å²) in [5.41, 5.74) is 7.85. The molecule has 19 heavy (non-hydrogen) atoms. The van der Waals surface area contributed by atoms with Crippen LogP contribution in [0.25, 0.3) is 11.1 Å². The topological polar surface area (TPSA) is 84.3 Å². The molecule has 0 saturated heterocycles. The second kappa shape index (κ2) is 6.43. The molecule has 104 valence electrons. The Balaban J connectivity index is 2.00. The minimum absolute atomic E-state index is 0.219. The first kappa shape index (κ1) is 13.7. The summed E-state index contributed by atoms with van der Waals surface area (Å²) in [5, 5.41) is 12.2. The molecule has 4 N–H and O–H groups in total. The Morgan fingerprint density at radius 3 is 3.00 bits per heavy atom. The molecule has 2 aromatic rings. The van der Waals surface area contributed by atoms with Crippen LogP contribution in [-0.4, -0.2) is 23.2 Å². The molecule has 0 fully saturated rings. The van der Waals surface area contributed by atoms with Crippen molar-refractivity contribution in [2.45, 2.75) is 26.2 Å². The lowest BCUT2D eigenvalue weighted by molar-refractivity contribution is 0.255. The smallest absolute Gasteiger partial charge is 0.295 e. The number of nitrogens with zero attached hydrogens (tertiary/aromatic N) is 1. The SMILES string of the molecule is CCCC(CCO)CNc1nc2ccc(N)cc2o1. The van der Waals surface area contributed by atoms with Crippen LogP contribution in [0.15, 0.2) is 22.6 Å². The molecule has 2 rings (SSSR count). The van der Waals surface area contributed by atoms with Crippen LogP contribution < -0.4 is 11.1 Å². The number of nitrogen functional groups attached to an aromatic ring is 1. The van der Waals surface area contributed by atoms with Crippen molar-refractivity contribution in [3.8, 4) is 0 Å². The second-order valence-corrected chi connectivity index (χ2v) is 4.79. The van der Waals surface area contributed by atoms with E-state index in [4.69, 9.17) is 15.3 Å². The average molecular weight is 263 g/mol. The summed E-state index contributed by atoms with van der Waals surface area (Å²) in [6.45, 7) is 3.12. The monoisotopic (exact) mass is 263 g/mol. The van der Waals surface area contributed by atoms with Crippen LogP contribution in [0, 0.1) is 5.92 Å². The number of nitrogens with one attached hydrogen (secondary N) is 1. The van der Waals surface area contributed by atoms with Gasteiger partial charge in [-0.3, -0.25) is 0 Å².